The van der Waals surface area contributed by atoms with Gasteiger partial charge in [-0.25, -0.2) is 5.43 Å². The molecular formula is C19H22N2O4. The van der Waals surface area contributed by atoms with Crippen LogP contribution in [0.4, 0.5) is 0 Å². The van der Waals surface area contributed by atoms with Crippen molar-refractivity contribution in [3.05, 3.63) is 53.1 Å². The highest BCUT2D eigenvalue weighted by Crippen LogP contribution is 2.23. The van der Waals surface area contributed by atoms with Crippen LogP contribution >= 0.6 is 0 Å². The zero-order valence-corrected chi connectivity index (χ0v) is 14.8. The monoisotopic (exact) mass is 342 g/mol. The molecule has 2 aromatic carbocycles. The number of ether oxygens (including phenoxy) is 3. The Kier molecular flexibility index (Phi) is 6.39. The number of carbonyl (C=O) groups is 1. The van der Waals surface area contributed by atoms with Gasteiger partial charge in [0, 0.05) is 11.6 Å². The molecule has 132 valence electrons. The minimum absolute atomic E-state index is 0.110. The summed E-state index contributed by atoms with van der Waals surface area (Å²) in [5, 5.41) is 3.93. The number of nitrogens with one attached hydrogen (secondary N) is 1. The van der Waals surface area contributed by atoms with E-state index in [9.17, 15) is 4.79 Å². The number of hydrazone groups is 1. The van der Waals surface area contributed by atoms with Crippen LogP contribution in [0, 0.1) is 13.8 Å². The van der Waals surface area contributed by atoms with E-state index in [0.717, 1.165) is 16.7 Å². The number of amides is 1. The fraction of sp³-hybridized carbons (Fsp3) is 0.263. The summed E-state index contributed by atoms with van der Waals surface area (Å²) in [5.41, 5.74) is 5.28. The van der Waals surface area contributed by atoms with Crippen molar-refractivity contribution in [1.29, 1.82) is 0 Å². The van der Waals surface area contributed by atoms with Crippen molar-refractivity contribution in [1.82, 2.24) is 5.43 Å². The van der Waals surface area contributed by atoms with E-state index in [2.05, 4.69) is 10.5 Å². The number of rotatable bonds is 7. The predicted molar refractivity (Wildman–Crippen MR) is 96.7 cm³/mol. The minimum atomic E-state index is -0.344. The Morgan fingerprint density at radius 3 is 2.56 bits per heavy atom. The number of nitrogens with zero attached hydrogens (tertiary/aromatic N) is 1. The molecule has 0 radical (unpaired) electrons. The number of methoxy groups -OCH3 is 2. The normalized spacial score (nSPS) is 10.6. The summed E-state index contributed by atoms with van der Waals surface area (Å²) in [6, 6.07) is 11.1. The van der Waals surface area contributed by atoms with E-state index in [0.29, 0.717) is 17.2 Å². The maximum absolute atomic E-state index is 11.8. The van der Waals surface area contributed by atoms with Gasteiger partial charge in [0.25, 0.3) is 5.91 Å². The number of carbonyl (C=O) groups excluding carboxylic acids is 1. The first-order valence-corrected chi connectivity index (χ1v) is 7.77. The van der Waals surface area contributed by atoms with Crippen molar-refractivity contribution < 1.29 is 19.0 Å². The number of hydrogen-bond acceptors (Lipinski definition) is 5. The maximum atomic E-state index is 11.8. The molecule has 0 saturated heterocycles. The second kappa shape index (κ2) is 8.73. The quantitative estimate of drug-likeness (QED) is 0.620. The molecule has 0 spiro atoms. The molecular weight excluding hydrogens is 320 g/mol. The van der Waals surface area contributed by atoms with Gasteiger partial charge in [-0.1, -0.05) is 17.7 Å². The van der Waals surface area contributed by atoms with Crippen LogP contribution in [0.3, 0.4) is 0 Å². The number of benzene rings is 2. The molecule has 6 heteroatoms. The van der Waals surface area contributed by atoms with E-state index < -0.39 is 0 Å². The molecule has 0 saturated carbocycles. The fourth-order valence-corrected chi connectivity index (χ4v) is 2.24. The summed E-state index contributed by atoms with van der Waals surface area (Å²) in [6.45, 7) is 3.83. The van der Waals surface area contributed by atoms with Crippen LogP contribution in [-0.2, 0) is 4.79 Å². The second-order valence-electron chi connectivity index (χ2n) is 5.46. The van der Waals surface area contributed by atoms with Gasteiger partial charge in [-0.3, -0.25) is 4.79 Å². The molecule has 0 unspecified atom stereocenters. The summed E-state index contributed by atoms with van der Waals surface area (Å²) in [5.74, 6) is 1.62. The van der Waals surface area contributed by atoms with Gasteiger partial charge in [0.2, 0.25) is 0 Å². The van der Waals surface area contributed by atoms with Gasteiger partial charge in [-0.2, -0.15) is 5.10 Å². The molecule has 2 rings (SSSR count). The van der Waals surface area contributed by atoms with Gasteiger partial charge in [-0.15, -0.1) is 0 Å². The molecule has 0 aliphatic heterocycles. The lowest BCUT2D eigenvalue weighted by Gasteiger charge is -2.09. The summed E-state index contributed by atoms with van der Waals surface area (Å²) in [7, 11) is 3.14. The van der Waals surface area contributed by atoms with Gasteiger partial charge >= 0.3 is 0 Å². The topological polar surface area (TPSA) is 69.2 Å². The van der Waals surface area contributed by atoms with Crippen LogP contribution in [0.2, 0.25) is 0 Å². The Labute approximate surface area is 147 Å². The van der Waals surface area contributed by atoms with E-state index in [1.165, 1.54) is 6.21 Å². The van der Waals surface area contributed by atoms with Crippen LogP contribution in [-0.4, -0.2) is 32.9 Å². The average molecular weight is 342 g/mol. The van der Waals surface area contributed by atoms with Gasteiger partial charge in [0.15, 0.2) is 6.61 Å². The molecule has 2 aromatic rings. The summed E-state index contributed by atoms with van der Waals surface area (Å²) < 4.78 is 15.9. The molecule has 0 aliphatic carbocycles. The number of hydrogen-bond donors (Lipinski definition) is 1. The lowest BCUT2D eigenvalue weighted by molar-refractivity contribution is -0.123. The third-order valence-corrected chi connectivity index (χ3v) is 3.52. The Morgan fingerprint density at radius 1 is 1.08 bits per heavy atom. The Hall–Kier alpha value is -3.02. The van der Waals surface area contributed by atoms with Crippen molar-refractivity contribution in [2.45, 2.75) is 13.8 Å². The lowest BCUT2D eigenvalue weighted by atomic mass is 10.1. The molecule has 0 aliphatic rings. The number of aryl methyl sites for hydroxylation is 2. The van der Waals surface area contributed by atoms with Crippen molar-refractivity contribution >= 4 is 12.1 Å². The van der Waals surface area contributed by atoms with Crippen molar-refractivity contribution in [2.24, 2.45) is 5.10 Å². The molecule has 0 aromatic heterocycles. The average Bonchev–Trinajstić information content (AvgIpc) is 2.61. The first kappa shape index (κ1) is 18.3. The Balaban J connectivity index is 1.90. The molecule has 1 amide bonds. The Bertz CT molecular complexity index is 772. The summed E-state index contributed by atoms with van der Waals surface area (Å²) in [6.07, 6.45) is 1.51. The summed E-state index contributed by atoms with van der Waals surface area (Å²) >= 11 is 0. The zero-order chi connectivity index (χ0) is 18.2. The standard InChI is InChI=1S/C19H22N2O4/c1-13-5-8-17(14(2)9-13)25-12-19(22)21-20-11-15-6-7-16(23-3)10-18(15)24-4/h5-11H,12H2,1-4H3,(H,21,22)/b20-11-. The van der Waals surface area contributed by atoms with E-state index in [1.54, 1.807) is 32.4 Å². The predicted octanol–water partition coefficient (Wildman–Crippen LogP) is 2.85. The SMILES string of the molecule is COc1ccc(/C=N\NC(=O)COc2ccc(C)cc2C)c(OC)c1. The van der Waals surface area contributed by atoms with Crippen molar-refractivity contribution in [3.8, 4) is 17.2 Å². The molecule has 1 N–H and O–H groups in total. The second-order valence-corrected chi connectivity index (χ2v) is 5.46. The Morgan fingerprint density at radius 2 is 1.88 bits per heavy atom. The zero-order valence-electron chi connectivity index (χ0n) is 14.8. The van der Waals surface area contributed by atoms with E-state index in [4.69, 9.17) is 14.2 Å². The largest absolute Gasteiger partial charge is 0.497 e. The van der Waals surface area contributed by atoms with Gasteiger partial charge in [-0.05, 0) is 37.6 Å². The highest BCUT2D eigenvalue weighted by atomic mass is 16.5. The van der Waals surface area contributed by atoms with E-state index >= 15 is 0 Å². The first-order valence-electron chi connectivity index (χ1n) is 7.77. The van der Waals surface area contributed by atoms with Crippen LogP contribution in [0.5, 0.6) is 17.2 Å². The van der Waals surface area contributed by atoms with Crippen LogP contribution in [0.1, 0.15) is 16.7 Å². The first-order chi connectivity index (χ1) is 12.0. The third kappa shape index (κ3) is 5.24. The summed E-state index contributed by atoms with van der Waals surface area (Å²) in [4.78, 5) is 11.8. The van der Waals surface area contributed by atoms with Crippen LogP contribution < -0.4 is 19.6 Å². The molecule has 25 heavy (non-hydrogen) atoms. The van der Waals surface area contributed by atoms with Crippen LogP contribution in [0.15, 0.2) is 41.5 Å². The lowest BCUT2D eigenvalue weighted by Crippen LogP contribution is -2.24. The highest BCUT2D eigenvalue weighted by molar-refractivity contribution is 5.85. The smallest absolute Gasteiger partial charge is 0.277 e. The van der Waals surface area contributed by atoms with Crippen molar-refractivity contribution in [2.75, 3.05) is 20.8 Å². The van der Waals surface area contributed by atoms with Gasteiger partial charge < -0.3 is 14.2 Å². The van der Waals surface area contributed by atoms with E-state index in [1.807, 2.05) is 32.0 Å². The van der Waals surface area contributed by atoms with E-state index in [-0.39, 0.29) is 12.5 Å². The molecule has 0 atom stereocenters. The molecule has 6 nitrogen and oxygen atoms in total. The molecule has 0 fully saturated rings. The van der Waals surface area contributed by atoms with Crippen LogP contribution in [0.25, 0.3) is 0 Å². The van der Waals surface area contributed by atoms with Gasteiger partial charge in [0.1, 0.15) is 17.2 Å². The fourth-order valence-electron chi connectivity index (χ4n) is 2.24. The maximum Gasteiger partial charge on any atom is 0.277 e. The third-order valence-electron chi connectivity index (χ3n) is 3.52. The highest BCUT2D eigenvalue weighted by Gasteiger charge is 2.05. The molecule has 0 bridgehead atoms. The van der Waals surface area contributed by atoms with Crippen molar-refractivity contribution in [3.63, 3.8) is 0 Å². The van der Waals surface area contributed by atoms with Gasteiger partial charge in [0.05, 0.1) is 20.4 Å². The minimum Gasteiger partial charge on any atom is -0.497 e. The molecule has 0 heterocycles.